The number of pyridine rings is 1. The lowest BCUT2D eigenvalue weighted by Crippen LogP contribution is -2.48. The average Bonchev–Trinajstić information content (AvgIpc) is 3.49. The van der Waals surface area contributed by atoms with Gasteiger partial charge in [0.15, 0.2) is 15.5 Å². The number of rotatable bonds is 5. The minimum Gasteiger partial charge on any atom is -0.444 e. The van der Waals surface area contributed by atoms with E-state index in [1.165, 1.54) is 6.26 Å². The van der Waals surface area contributed by atoms with Gasteiger partial charge in [-0.1, -0.05) is 36.4 Å². The van der Waals surface area contributed by atoms with E-state index in [4.69, 9.17) is 9.72 Å². The largest absolute Gasteiger partial charge is 0.444 e. The highest BCUT2D eigenvalue weighted by atomic mass is 32.2. The Hall–Kier alpha value is -3.99. The van der Waals surface area contributed by atoms with Crippen molar-refractivity contribution in [1.29, 1.82) is 0 Å². The summed E-state index contributed by atoms with van der Waals surface area (Å²) in [6.07, 6.45) is 7.33. The number of carbonyl (C=O) groups excluding carboxylic acids is 1. The minimum atomic E-state index is -3.68. The van der Waals surface area contributed by atoms with Gasteiger partial charge in [0.05, 0.1) is 17.6 Å². The molecule has 0 aliphatic carbocycles. The molecule has 220 valence electrons. The van der Waals surface area contributed by atoms with E-state index in [9.17, 15) is 13.2 Å². The second-order valence-electron chi connectivity index (χ2n) is 12.2. The maximum atomic E-state index is 13.3. The van der Waals surface area contributed by atoms with Gasteiger partial charge < -0.3 is 15.0 Å². The summed E-state index contributed by atoms with van der Waals surface area (Å²) in [6.45, 7) is 5.60. The lowest BCUT2D eigenvalue weighted by Gasteiger charge is -2.39. The van der Waals surface area contributed by atoms with Crippen LogP contribution in [0.4, 0.5) is 10.6 Å². The highest BCUT2D eigenvalue weighted by Gasteiger charge is 2.46. The zero-order valence-corrected chi connectivity index (χ0v) is 25.4. The molecule has 2 saturated heterocycles. The van der Waals surface area contributed by atoms with E-state index in [1.807, 2.05) is 68.1 Å². The number of hydrogen-bond acceptors (Lipinski definition) is 8. The lowest BCUT2D eigenvalue weighted by molar-refractivity contribution is 0.00559. The molecular weight excluding hydrogens is 552 g/mol. The molecule has 0 saturated carbocycles. The molecule has 5 heterocycles. The molecule has 2 aliphatic heterocycles. The Kier molecular flexibility index (Phi) is 6.95. The quantitative estimate of drug-likeness (QED) is 0.322. The number of nitrogens with zero attached hydrogens (tertiary/aromatic N) is 5. The summed E-state index contributed by atoms with van der Waals surface area (Å²) in [5, 5.41) is 7.64. The minimum absolute atomic E-state index is 0.0359. The Morgan fingerprint density at radius 3 is 2.26 bits per heavy atom. The summed E-state index contributed by atoms with van der Waals surface area (Å²) in [5.41, 5.74) is 3.95. The Morgan fingerprint density at radius 2 is 1.69 bits per heavy atom. The van der Waals surface area contributed by atoms with Gasteiger partial charge in [-0.15, -0.1) is 0 Å². The summed E-state index contributed by atoms with van der Waals surface area (Å²) >= 11 is 0. The van der Waals surface area contributed by atoms with Crippen LogP contribution in [0.2, 0.25) is 0 Å². The number of benzene rings is 1. The standard InChI is InChI=1S/C31H36N6O4S/c1-31(2,3)41-30(38)36-22-12-13-23(36)16-21(15-22)26-27(42(5,39)40)29(32-4)37-28(35-26)24(18-34-37)20-11-14-25(33-17-20)19-9-7-6-8-10-19/h6-11,14,17-18,21-23,32H,12-13,15-16H2,1-5H3/t21?,22-,23+. The maximum absolute atomic E-state index is 13.3. The third-order valence-electron chi connectivity index (χ3n) is 8.11. The molecule has 10 nitrogen and oxygen atoms in total. The fraction of sp³-hybridized carbons (Fsp3) is 0.419. The number of sulfone groups is 1. The zero-order valence-electron chi connectivity index (χ0n) is 24.5. The zero-order chi connectivity index (χ0) is 29.8. The van der Waals surface area contributed by atoms with Crippen molar-refractivity contribution in [3.63, 3.8) is 0 Å². The van der Waals surface area contributed by atoms with E-state index in [-0.39, 0.29) is 29.0 Å². The predicted molar refractivity (Wildman–Crippen MR) is 161 cm³/mol. The van der Waals surface area contributed by atoms with Crippen molar-refractivity contribution < 1.29 is 17.9 Å². The SMILES string of the molecule is CNc1c(S(C)(=O)=O)c(C2C[C@H]3CC[C@@H](C2)N3C(=O)OC(C)(C)C)nc2c(-c3ccc(-c4ccccc4)nc3)cnn12. The molecule has 42 heavy (non-hydrogen) atoms. The molecule has 1 amide bonds. The van der Waals surface area contributed by atoms with Crippen molar-refractivity contribution in [2.45, 2.75) is 75.0 Å². The monoisotopic (exact) mass is 588 g/mol. The summed E-state index contributed by atoms with van der Waals surface area (Å²) in [4.78, 5) is 24.8. The molecule has 0 radical (unpaired) electrons. The van der Waals surface area contributed by atoms with Crippen LogP contribution in [-0.2, 0) is 14.6 Å². The number of piperidine rings is 1. The van der Waals surface area contributed by atoms with Gasteiger partial charge in [0.1, 0.15) is 16.3 Å². The van der Waals surface area contributed by atoms with Crippen LogP contribution >= 0.6 is 0 Å². The molecule has 0 spiro atoms. The molecule has 1 unspecified atom stereocenters. The van der Waals surface area contributed by atoms with Gasteiger partial charge in [0.2, 0.25) is 0 Å². The molecule has 2 aliphatic rings. The van der Waals surface area contributed by atoms with Crippen LogP contribution in [0, 0.1) is 0 Å². The maximum Gasteiger partial charge on any atom is 0.410 e. The van der Waals surface area contributed by atoms with Crippen LogP contribution in [0.5, 0.6) is 0 Å². The third kappa shape index (κ3) is 5.10. The molecular formula is C31H36N6O4S. The Bertz CT molecular complexity index is 1730. The van der Waals surface area contributed by atoms with Gasteiger partial charge in [-0.3, -0.25) is 4.98 Å². The molecule has 3 aromatic heterocycles. The van der Waals surface area contributed by atoms with Crippen LogP contribution in [-0.4, -0.2) is 70.0 Å². The number of fused-ring (bicyclic) bond motifs is 3. The highest BCUT2D eigenvalue weighted by Crippen LogP contribution is 2.46. The van der Waals surface area contributed by atoms with Gasteiger partial charge in [0.25, 0.3) is 0 Å². The van der Waals surface area contributed by atoms with Crippen LogP contribution in [0.3, 0.4) is 0 Å². The van der Waals surface area contributed by atoms with Crippen LogP contribution in [0.15, 0.2) is 59.8 Å². The first-order valence-corrected chi connectivity index (χ1v) is 16.2. The van der Waals surface area contributed by atoms with Crippen molar-refractivity contribution in [2.75, 3.05) is 18.6 Å². The molecule has 4 aromatic rings. The lowest BCUT2D eigenvalue weighted by atomic mass is 9.88. The van der Waals surface area contributed by atoms with Gasteiger partial charge in [-0.25, -0.2) is 18.2 Å². The van der Waals surface area contributed by atoms with E-state index in [0.717, 1.165) is 35.2 Å². The fourth-order valence-electron chi connectivity index (χ4n) is 6.41. The van der Waals surface area contributed by atoms with E-state index >= 15 is 0 Å². The van der Waals surface area contributed by atoms with Crippen molar-refractivity contribution >= 4 is 27.4 Å². The topological polar surface area (TPSA) is 119 Å². The van der Waals surface area contributed by atoms with Crippen LogP contribution in [0.25, 0.3) is 28.0 Å². The molecule has 11 heteroatoms. The molecule has 1 aromatic carbocycles. The van der Waals surface area contributed by atoms with E-state index in [1.54, 1.807) is 24.0 Å². The number of ether oxygens (including phenoxy) is 1. The van der Waals surface area contributed by atoms with Gasteiger partial charge in [0, 0.05) is 54.2 Å². The van der Waals surface area contributed by atoms with Crippen molar-refractivity contribution in [1.82, 2.24) is 24.5 Å². The number of anilines is 1. The number of nitrogens with one attached hydrogen (secondary N) is 1. The van der Waals surface area contributed by atoms with Gasteiger partial charge >= 0.3 is 6.09 Å². The predicted octanol–water partition coefficient (Wildman–Crippen LogP) is 5.55. The Labute approximate surface area is 246 Å². The highest BCUT2D eigenvalue weighted by molar-refractivity contribution is 7.91. The van der Waals surface area contributed by atoms with Crippen LogP contribution < -0.4 is 5.32 Å². The van der Waals surface area contributed by atoms with Gasteiger partial charge in [-0.2, -0.15) is 9.61 Å². The summed E-state index contributed by atoms with van der Waals surface area (Å²) in [5.74, 6) is 0.226. The van der Waals surface area contributed by atoms with Gasteiger partial charge in [-0.05, 0) is 52.5 Å². The normalized spacial score (nSPS) is 20.6. The number of amides is 1. The first-order valence-electron chi connectivity index (χ1n) is 14.3. The summed E-state index contributed by atoms with van der Waals surface area (Å²) in [7, 11) is -1.99. The fourth-order valence-corrected chi connectivity index (χ4v) is 7.54. The number of aromatic nitrogens is 4. The number of carbonyl (C=O) groups is 1. The van der Waals surface area contributed by atoms with E-state index in [0.29, 0.717) is 30.0 Å². The molecule has 2 bridgehead atoms. The van der Waals surface area contributed by atoms with Crippen molar-refractivity contribution in [3.05, 3.63) is 60.6 Å². The molecule has 1 N–H and O–H groups in total. The second-order valence-corrected chi connectivity index (χ2v) is 14.2. The van der Waals surface area contributed by atoms with Crippen molar-refractivity contribution in [3.8, 4) is 22.4 Å². The number of hydrogen-bond donors (Lipinski definition) is 1. The molecule has 3 atom stereocenters. The van der Waals surface area contributed by atoms with E-state index in [2.05, 4.69) is 15.4 Å². The molecule has 6 rings (SSSR count). The Morgan fingerprint density at radius 1 is 1.00 bits per heavy atom. The van der Waals surface area contributed by atoms with Crippen molar-refractivity contribution in [2.24, 2.45) is 0 Å². The first-order chi connectivity index (χ1) is 19.9. The van der Waals surface area contributed by atoms with E-state index < -0.39 is 15.4 Å². The first kappa shape index (κ1) is 28.1. The second kappa shape index (κ2) is 10.4. The smallest absolute Gasteiger partial charge is 0.410 e. The Balaban J connectivity index is 1.42. The molecule has 2 fully saturated rings. The summed E-state index contributed by atoms with van der Waals surface area (Å²) < 4.78 is 33.8. The summed E-state index contributed by atoms with van der Waals surface area (Å²) in [6, 6.07) is 13.8. The van der Waals surface area contributed by atoms with Crippen LogP contribution in [0.1, 0.15) is 58.1 Å². The average molecular weight is 589 g/mol. The third-order valence-corrected chi connectivity index (χ3v) is 9.25.